The van der Waals surface area contributed by atoms with E-state index in [-0.39, 0.29) is 0 Å². The first kappa shape index (κ1) is 12.5. The van der Waals surface area contributed by atoms with Gasteiger partial charge in [0.2, 0.25) is 0 Å². The Bertz CT molecular complexity index is 487. The van der Waals surface area contributed by atoms with Gasteiger partial charge in [-0.3, -0.25) is 0 Å². The average molecular weight is 253 g/mol. The molecule has 1 aromatic rings. The predicted octanol–water partition coefficient (Wildman–Crippen LogP) is 4.54. The van der Waals surface area contributed by atoms with Crippen LogP contribution in [0.4, 0.5) is 0 Å². The number of allylic oxidation sites excluding steroid dienone is 3. The summed E-state index contributed by atoms with van der Waals surface area (Å²) >= 11 is 0. The summed E-state index contributed by atoms with van der Waals surface area (Å²) in [6.45, 7) is 4.63. The van der Waals surface area contributed by atoms with Crippen molar-refractivity contribution in [2.75, 3.05) is 13.1 Å². The summed E-state index contributed by atoms with van der Waals surface area (Å²) in [5.74, 6) is 0. The molecule has 0 atom stereocenters. The fraction of sp³-hybridized carbons (Fsp3) is 0.444. The van der Waals surface area contributed by atoms with Crippen LogP contribution >= 0.6 is 0 Å². The maximum atomic E-state index is 2.57. The van der Waals surface area contributed by atoms with E-state index >= 15 is 0 Å². The molecule has 0 bridgehead atoms. The van der Waals surface area contributed by atoms with E-state index in [0.717, 1.165) is 0 Å². The molecule has 1 saturated heterocycles. The Balaban J connectivity index is 1.80. The fourth-order valence-corrected chi connectivity index (χ4v) is 3.05. The van der Waals surface area contributed by atoms with Crippen molar-refractivity contribution < 1.29 is 0 Å². The molecule has 0 aromatic heterocycles. The van der Waals surface area contributed by atoms with Crippen molar-refractivity contribution >= 4 is 5.57 Å². The highest BCUT2D eigenvalue weighted by molar-refractivity contribution is 5.69. The fourth-order valence-electron chi connectivity index (χ4n) is 3.05. The Hall–Kier alpha value is -1.50. The third-order valence-electron chi connectivity index (χ3n) is 4.23. The first-order valence-electron chi connectivity index (χ1n) is 7.56. The lowest BCUT2D eigenvalue weighted by Crippen LogP contribution is -2.29. The summed E-state index contributed by atoms with van der Waals surface area (Å²) in [6.07, 6.45) is 11.3. The highest BCUT2D eigenvalue weighted by atomic mass is 15.1. The Labute approximate surface area is 116 Å². The minimum Gasteiger partial charge on any atom is -0.372 e. The number of nitrogens with zero attached hydrogens (tertiary/aromatic N) is 1. The summed E-state index contributed by atoms with van der Waals surface area (Å²) in [6, 6.07) is 8.96. The molecule has 0 radical (unpaired) electrons. The molecule has 1 heterocycles. The smallest absolute Gasteiger partial charge is 0.0328 e. The van der Waals surface area contributed by atoms with Crippen LogP contribution in [0.3, 0.4) is 0 Å². The minimum absolute atomic E-state index is 1.18. The normalized spacial score (nSPS) is 19.9. The van der Waals surface area contributed by atoms with Crippen LogP contribution in [0.25, 0.3) is 5.57 Å². The van der Waals surface area contributed by atoms with Gasteiger partial charge in [-0.1, -0.05) is 35.9 Å². The zero-order valence-electron chi connectivity index (χ0n) is 11.9. The van der Waals surface area contributed by atoms with Crippen molar-refractivity contribution in [1.82, 2.24) is 4.90 Å². The van der Waals surface area contributed by atoms with Crippen LogP contribution in [0.5, 0.6) is 0 Å². The second kappa shape index (κ2) is 5.64. The molecule has 19 heavy (non-hydrogen) atoms. The van der Waals surface area contributed by atoms with Crippen LogP contribution in [0.15, 0.2) is 42.1 Å². The Morgan fingerprint density at radius 2 is 1.68 bits per heavy atom. The number of rotatable bonds is 2. The van der Waals surface area contributed by atoms with E-state index in [1.165, 1.54) is 67.6 Å². The van der Waals surface area contributed by atoms with Crippen molar-refractivity contribution in [1.29, 1.82) is 0 Å². The number of aryl methyl sites for hydroxylation is 1. The lowest BCUT2D eigenvalue weighted by atomic mass is 9.94. The third kappa shape index (κ3) is 2.91. The quantitative estimate of drug-likeness (QED) is 0.748. The molecule has 3 rings (SSSR count). The minimum atomic E-state index is 1.18. The molecular formula is C18H23N. The van der Waals surface area contributed by atoms with Gasteiger partial charge >= 0.3 is 0 Å². The van der Waals surface area contributed by atoms with Crippen molar-refractivity contribution in [3.05, 3.63) is 53.2 Å². The molecule has 0 unspecified atom stereocenters. The van der Waals surface area contributed by atoms with Gasteiger partial charge in [0.05, 0.1) is 0 Å². The van der Waals surface area contributed by atoms with Crippen molar-refractivity contribution in [2.24, 2.45) is 0 Å². The van der Waals surface area contributed by atoms with E-state index in [2.05, 4.69) is 48.2 Å². The molecule has 0 amide bonds. The van der Waals surface area contributed by atoms with Crippen LogP contribution in [0, 0.1) is 6.92 Å². The van der Waals surface area contributed by atoms with Gasteiger partial charge in [0.25, 0.3) is 0 Å². The van der Waals surface area contributed by atoms with Gasteiger partial charge in [-0.05, 0) is 56.2 Å². The second-order valence-corrected chi connectivity index (χ2v) is 5.75. The number of hydrogen-bond donors (Lipinski definition) is 0. The van der Waals surface area contributed by atoms with Crippen LogP contribution in [0.1, 0.15) is 43.2 Å². The molecule has 0 saturated carbocycles. The van der Waals surface area contributed by atoms with Gasteiger partial charge in [0.1, 0.15) is 0 Å². The standard InChI is InChI=1S/C18H23N/c1-15-8-10-16(11-9-15)17-6-5-7-18(14-17)19-12-3-2-4-13-19/h7-11,14H,2-6,12-13H2,1H3. The molecule has 1 aromatic carbocycles. The van der Waals surface area contributed by atoms with Gasteiger partial charge in [-0.15, -0.1) is 0 Å². The van der Waals surface area contributed by atoms with E-state index in [0.29, 0.717) is 0 Å². The summed E-state index contributed by atoms with van der Waals surface area (Å²) in [7, 11) is 0. The molecule has 1 fully saturated rings. The number of hydrogen-bond acceptors (Lipinski definition) is 1. The molecule has 100 valence electrons. The van der Waals surface area contributed by atoms with Gasteiger partial charge in [-0.25, -0.2) is 0 Å². The number of piperidine rings is 1. The molecule has 0 N–H and O–H groups in total. The zero-order valence-corrected chi connectivity index (χ0v) is 11.9. The van der Waals surface area contributed by atoms with E-state index in [1.54, 1.807) is 0 Å². The first-order chi connectivity index (χ1) is 9.33. The van der Waals surface area contributed by atoms with Crippen LogP contribution in [-0.4, -0.2) is 18.0 Å². The van der Waals surface area contributed by atoms with E-state index < -0.39 is 0 Å². The predicted molar refractivity (Wildman–Crippen MR) is 81.9 cm³/mol. The Morgan fingerprint density at radius 3 is 2.42 bits per heavy atom. The van der Waals surface area contributed by atoms with Gasteiger partial charge in [0.15, 0.2) is 0 Å². The molecule has 2 aliphatic rings. The molecule has 1 nitrogen and oxygen atoms in total. The van der Waals surface area contributed by atoms with E-state index in [4.69, 9.17) is 0 Å². The number of likely N-dealkylation sites (tertiary alicyclic amines) is 1. The monoisotopic (exact) mass is 253 g/mol. The topological polar surface area (TPSA) is 3.24 Å². The Kier molecular flexibility index (Phi) is 3.72. The van der Waals surface area contributed by atoms with E-state index in [9.17, 15) is 0 Å². The van der Waals surface area contributed by atoms with Crippen LogP contribution in [-0.2, 0) is 0 Å². The van der Waals surface area contributed by atoms with Gasteiger partial charge < -0.3 is 4.90 Å². The average Bonchev–Trinajstić information content (AvgIpc) is 2.49. The van der Waals surface area contributed by atoms with Gasteiger partial charge in [-0.2, -0.15) is 0 Å². The maximum absolute atomic E-state index is 2.57. The zero-order chi connectivity index (χ0) is 13.1. The van der Waals surface area contributed by atoms with Crippen LogP contribution < -0.4 is 0 Å². The third-order valence-corrected chi connectivity index (χ3v) is 4.23. The lowest BCUT2D eigenvalue weighted by Gasteiger charge is -2.31. The van der Waals surface area contributed by atoms with Gasteiger partial charge in [0, 0.05) is 18.8 Å². The summed E-state index contributed by atoms with van der Waals surface area (Å²) < 4.78 is 0. The molecule has 1 aliphatic heterocycles. The van der Waals surface area contributed by atoms with Crippen molar-refractivity contribution in [2.45, 2.75) is 39.0 Å². The Morgan fingerprint density at radius 1 is 0.947 bits per heavy atom. The first-order valence-corrected chi connectivity index (χ1v) is 7.56. The van der Waals surface area contributed by atoms with Crippen molar-refractivity contribution in [3.8, 4) is 0 Å². The van der Waals surface area contributed by atoms with Crippen LogP contribution in [0.2, 0.25) is 0 Å². The molecule has 0 spiro atoms. The second-order valence-electron chi connectivity index (χ2n) is 5.75. The molecule has 1 heteroatoms. The SMILES string of the molecule is Cc1ccc(C2=CC(N3CCCCC3)=CCC2)cc1. The van der Waals surface area contributed by atoms with Crippen molar-refractivity contribution in [3.63, 3.8) is 0 Å². The summed E-state index contributed by atoms with van der Waals surface area (Å²) in [4.78, 5) is 2.57. The summed E-state index contributed by atoms with van der Waals surface area (Å²) in [5, 5.41) is 0. The highest BCUT2D eigenvalue weighted by Crippen LogP contribution is 2.29. The van der Waals surface area contributed by atoms with E-state index in [1.807, 2.05) is 0 Å². The molecular weight excluding hydrogens is 230 g/mol. The molecule has 1 aliphatic carbocycles. The lowest BCUT2D eigenvalue weighted by molar-refractivity contribution is 0.292. The number of benzene rings is 1. The summed E-state index contributed by atoms with van der Waals surface area (Å²) in [5.41, 5.74) is 5.70. The highest BCUT2D eigenvalue weighted by Gasteiger charge is 2.15. The maximum Gasteiger partial charge on any atom is 0.0328 e. The largest absolute Gasteiger partial charge is 0.372 e.